The summed E-state index contributed by atoms with van der Waals surface area (Å²) in [6.07, 6.45) is 1.62. The first kappa shape index (κ1) is 13.2. The van der Waals surface area contributed by atoms with Crippen LogP contribution in [0.15, 0.2) is 35.3 Å². The summed E-state index contributed by atoms with van der Waals surface area (Å²) in [6, 6.07) is 7.69. The summed E-state index contributed by atoms with van der Waals surface area (Å²) < 4.78 is 1.51. The second-order valence-corrected chi connectivity index (χ2v) is 4.79. The Morgan fingerprint density at radius 2 is 1.95 bits per heavy atom. The zero-order valence-electron chi connectivity index (χ0n) is 12.1. The van der Waals surface area contributed by atoms with Gasteiger partial charge in [0.05, 0.1) is 6.20 Å². The summed E-state index contributed by atoms with van der Waals surface area (Å²) in [6.45, 7) is 1.96. The van der Waals surface area contributed by atoms with Gasteiger partial charge in [0.1, 0.15) is 11.2 Å². The average molecular weight is 281 g/mol. The Hall–Kier alpha value is -2.76. The molecule has 0 bridgehead atoms. The van der Waals surface area contributed by atoms with E-state index in [0.717, 1.165) is 11.1 Å². The minimum Gasteiger partial charge on any atom is -0.357 e. The Kier molecular flexibility index (Phi) is 3.13. The van der Waals surface area contributed by atoms with Crippen molar-refractivity contribution < 1.29 is 0 Å². The van der Waals surface area contributed by atoms with E-state index in [1.807, 2.05) is 31.2 Å². The van der Waals surface area contributed by atoms with E-state index in [9.17, 15) is 4.79 Å². The Bertz CT molecular complexity index is 885. The molecule has 6 heteroatoms. The molecule has 0 atom stereocenters. The maximum Gasteiger partial charge on any atom is 0.278 e. The average Bonchev–Trinajstić information content (AvgIpc) is 2.51. The highest BCUT2D eigenvalue weighted by Crippen LogP contribution is 2.20. The molecule has 0 unspecified atom stereocenters. The van der Waals surface area contributed by atoms with Gasteiger partial charge in [-0.2, -0.15) is 4.98 Å². The number of aromatic nitrogens is 4. The fraction of sp³-hybridized carbons (Fsp3) is 0.200. The van der Waals surface area contributed by atoms with Crippen molar-refractivity contribution in [3.05, 3.63) is 46.4 Å². The van der Waals surface area contributed by atoms with Crippen molar-refractivity contribution in [1.29, 1.82) is 0 Å². The molecule has 1 aromatic carbocycles. The van der Waals surface area contributed by atoms with Gasteiger partial charge in [-0.05, 0) is 12.5 Å². The van der Waals surface area contributed by atoms with Gasteiger partial charge in [0.2, 0.25) is 5.95 Å². The summed E-state index contributed by atoms with van der Waals surface area (Å²) in [5.41, 5.74) is 3.19. The lowest BCUT2D eigenvalue weighted by atomic mass is 10.1. The molecule has 0 aliphatic heterocycles. The first-order valence-corrected chi connectivity index (χ1v) is 6.59. The van der Waals surface area contributed by atoms with Crippen LogP contribution in [0.25, 0.3) is 22.4 Å². The van der Waals surface area contributed by atoms with Crippen molar-refractivity contribution in [2.75, 3.05) is 12.4 Å². The molecule has 0 fully saturated rings. The molecule has 0 aliphatic rings. The van der Waals surface area contributed by atoms with Gasteiger partial charge < -0.3 is 5.32 Å². The van der Waals surface area contributed by atoms with Gasteiger partial charge >= 0.3 is 0 Å². The normalized spacial score (nSPS) is 10.8. The van der Waals surface area contributed by atoms with E-state index in [4.69, 9.17) is 0 Å². The molecule has 0 amide bonds. The third-order valence-corrected chi connectivity index (χ3v) is 3.43. The highest BCUT2D eigenvalue weighted by molar-refractivity contribution is 5.75. The molecule has 1 N–H and O–H groups in total. The first-order valence-electron chi connectivity index (χ1n) is 6.59. The van der Waals surface area contributed by atoms with E-state index < -0.39 is 0 Å². The molecule has 2 heterocycles. The molecular formula is C15H15N5O. The SMILES string of the molecule is CNc1ncc2nc(-c3ccccc3C)c(=O)n(C)c2n1. The van der Waals surface area contributed by atoms with Crippen molar-refractivity contribution in [3.63, 3.8) is 0 Å². The largest absolute Gasteiger partial charge is 0.357 e. The number of nitrogens with one attached hydrogen (secondary N) is 1. The van der Waals surface area contributed by atoms with Crippen LogP contribution in [0.4, 0.5) is 5.95 Å². The van der Waals surface area contributed by atoms with Crippen molar-refractivity contribution in [1.82, 2.24) is 19.5 Å². The van der Waals surface area contributed by atoms with Crippen LogP contribution in [0.5, 0.6) is 0 Å². The fourth-order valence-corrected chi connectivity index (χ4v) is 2.25. The molecule has 0 saturated heterocycles. The monoisotopic (exact) mass is 281 g/mol. The summed E-state index contributed by atoms with van der Waals surface area (Å²) in [5, 5.41) is 2.86. The highest BCUT2D eigenvalue weighted by atomic mass is 16.1. The quantitative estimate of drug-likeness (QED) is 0.774. The zero-order chi connectivity index (χ0) is 15.0. The minimum atomic E-state index is -0.169. The third kappa shape index (κ3) is 2.14. The number of hydrogen-bond donors (Lipinski definition) is 1. The third-order valence-electron chi connectivity index (χ3n) is 3.43. The van der Waals surface area contributed by atoms with Crippen LogP contribution in [-0.4, -0.2) is 26.6 Å². The molecule has 0 saturated carbocycles. The number of nitrogens with zero attached hydrogens (tertiary/aromatic N) is 4. The molecule has 2 aromatic heterocycles. The predicted molar refractivity (Wildman–Crippen MR) is 82.3 cm³/mol. The zero-order valence-corrected chi connectivity index (χ0v) is 12.1. The summed E-state index contributed by atoms with van der Waals surface area (Å²) >= 11 is 0. The second-order valence-electron chi connectivity index (χ2n) is 4.79. The van der Waals surface area contributed by atoms with E-state index in [-0.39, 0.29) is 5.56 Å². The molecule has 6 nitrogen and oxygen atoms in total. The molecule has 3 rings (SSSR count). The van der Waals surface area contributed by atoms with Gasteiger partial charge in [0, 0.05) is 19.7 Å². The summed E-state index contributed by atoms with van der Waals surface area (Å²) in [4.78, 5) is 25.5. The smallest absolute Gasteiger partial charge is 0.278 e. The topological polar surface area (TPSA) is 72.7 Å². The van der Waals surface area contributed by atoms with Gasteiger partial charge in [-0.15, -0.1) is 0 Å². The maximum atomic E-state index is 12.6. The van der Waals surface area contributed by atoms with E-state index in [1.165, 1.54) is 4.57 Å². The van der Waals surface area contributed by atoms with Crippen LogP contribution in [0.2, 0.25) is 0 Å². The molecule has 0 aliphatic carbocycles. The molecule has 0 spiro atoms. The van der Waals surface area contributed by atoms with Crippen LogP contribution in [0.3, 0.4) is 0 Å². The van der Waals surface area contributed by atoms with Crippen molar-refractivity contribution in [2.24, 2.45) is 7.05 Å². The molecule has 0 radical (unpaired) electrons. The highest BCUT2D eigenvalue weighted by Gasteiger charge is 2.13. The Labute approximate surface area is 121 Å². The number of anilines is 1. The van der Waals surface area contributed by atoms with Gasteiger partial charge in [-0.25, -0.2) is 9.97 Å². The summed E-state index contributed by atoms with van der Waals surface area (Å²) in [7, 11) is 3.43. The number of benzene rings is 1. The van der Waals surface area contributed by atoms with Crippen molar-refractivity contribution in [2.45, 2.75) is 6.92 Å². The first-order chi connectivity index (χ1) is 10.1. The Balaban J connectivity index is 2.34. The van der Waals surface area contributed by atoms with E-state index in [1.54, 1.807) is 20.3 Å². The van der Waals surface area contributed by atoms with Gasteiger partial charge in [0.25, 0.3) is 5.56 Å². The number of rotatable bonds is 2. The molecular weight excluding hydrogens is 266 g/mol. The number of aryl methyl sites for hydroxylation is 2. The van der Waals surface area contributed by atoms with Gasteiger partial charge in [0.15, 0.2) is 5.65 Å². The Morgan fingerprint density at radius 3 is 2.67 bits per heavy atom. The van der Waals surface area contributed by atoms with Crippen molar-refractivity contribution in [3.8, 4) is 11.3 Å². The van der Waals surface area contributed by atoms with Crippen LogP contribution in [0, 0.1) is 6.92 Å². The van der Waals surface area contributed by atoms with Crippen molar-refractivity contribution >= 4 is 17.1 Å². The lowest BCUT2D eigenvalue weighted by molar-refractivity contribution is 0.873. The molecule has 3 aromatic rings. The Morgan fingerprint density at radius 1 is 1.19 bits per heavy atom. The van der Waals surface area contributed by atoms with E-state index in [2.05, 4.69) is 20.3 Å². The van der Waals surface area contributed by atoms with Crippen LogP contribution >= 0.6 is 0 Å². The minimum absolute atomic E-state index is 0.169. The van der Waals surface area contributed by atoms with Gasteiger partial charge in [-0.3, -0.25) is 9.36 Å². The summed E-state index contributed by atoms with van der Waals surface area (Å²) in [5.74, 6) is 0.461. The lowest BCUT2D eigenvalue weighted by Crippen LogP contribution is -2.22. The standard InChI is InChI=1S/C15H15N5O/c1-9-6-4-5-7-10(9)12-14(21)20(3)13-11(18-12)8-17-15(16-2)19-13/h4-8H,1-3H3,(H,16,17,19). The van der Waals surface area contributed by atoms with Crippen LogP contribution in [0.1, 0.15) is 5.56 Å². The fourth-order valence-electron chi connectivity index (χ4n) is 2.25. The molecule has 21 heavy (non-hydrogen) atoms. The van der Waals surface area contributed by atoms with E-state index in [0.29, 0.717) is 22.8 Å². The predicted octanol–water partition coefficient (Wildman–Crippen LogP) is 1.74. The van der Waals surface area contributed by atoms with E-state index >= 15 is 0 Å². The van der Waals surface area contributed by atoms with Crippen LogP contribution in [-0.2, 0) is 7.05 Å². The molecule has 106 valence electrons. The maximum absolute atomic E-state index is 12.6. The van der Waals surface area contributed by atoms with Crippen LogP contribution < -0.4 is 10.9 Å². The van der Waals surface area contributed by atoms with Gasteiger partial charge in [-0.1, -0.05) is 24.3 Å². The second kappa shape index (κ2) is 4.97. The number of fused-ring (bicyclic) bond motifs is 1. The lowest BCUT2D eigenvalue weighted by Gasteiger charge is -2.09. The number of hydrogen-bond acceptors (Lipinski definition) is 5.